The Hall–Kier alpha value is -2.81. The van der Waals surface area contributed by atoms with E-state index in [1.54, 1.807) is 0 Å². The fraction of sp³-hybridized carbons (Fsp3) is 0.292. The van der Waals surface area contributed by atoms with E-state index in [1.165, 1.54) is 5.56 Å². The summed E-state index contributed by atoms with van der Waals surface area (Å²) in [6.07, 6.45) is 1.84. The van der Waals surface area contributed by atoms with Crippen molar-refractivity contribution >= 4 is 22.5 Å². The zero-order chi connectivity index (χ0) is 19.7. The van der Waals surface area contributed by atoms with E-state index >= 15 is 0 Å². The zero-order valence-electron chi connectivity index (χ0n) is 16.9. The number of amides is 1. The number of fused-ring (bicyclic) bond motifs is 1. The quantitative estimate of drug-likeness (QED) is 0.546. The highest BCUT2D eigenvalue weighted by Gasteiger charge is 2.21. The molecule has 1 heterocycles. The van der Waals surface area contributed by atoms with Gasteiger partial charge in [0.2, 0.25) is 0 Å². The molecule has 0 unspecified atom stereocenters. The molecule has 3 rings (SSSR count). The number of aryl methyl sites for hydroxylation is 2. The number of nitrogens with one attached hydrogen (secondary N) is 1. The van der Waals surface area contributed by atoms with Gasteiger partial charge in [0.15, 0.2) is 0 Å². The fourth-order valence-corrected chi connectivity index (χ4v) is 3.58. The second kappa shape index (κ2) is 7.43. The van der Waals surface area contributed by atoms with Gasteiger partial charge in [-0.25, -0.2) is 0 Å². The van der Waals surface area contributed by atoms with Gasteiger partial charge in [0.25, 0.3) is 5.91 Å². The van der Waals surface area contributed by atoms with Crippen LogP contribution in [0, 0.1) is 20.8 Å². The molecule has 1 amide bonds. The molecular formula is C24H28N2O. The summed E-state index contributed by atoms with van der Waals surface area (Å²) in [7, 11) is 0. The normalized spacial score (nSPS) is 11.2. The summed E-state index contributed by atoms with van der Waals surface area (Å²) in [4.78, 5) is 13.2. The molecule has 3 nitrogen and oxygen atoms in total. The van der Waals surface area contributed by atoms with Crippen molar-refractivity contribution in [1.82, 2.24) is 4.57 Å². The van der Waals surface area contributed by atoms with Crippen LogP contribution < -0.4 is 5.32 Å². The van der Waals surface area contributed by atoms with Gasteiger partial charge < -0.3 is 9.88 Å². The van der Waals surface area contributed by atoms with Gasteiger partial charge >= 0.3 is 0 Å². The van der Waals surface area contributed by atoms with Gasteiger partial charge in [-0.2, -0.15) is 0 Å². The van der Waals surface area contributed by atoms with Crippen molar-refractivity contribution in [2.45, 2.75) is 47.1 Å². The minimum absolute atomic E-state index is 0.0784. The highest BCUT2D eigenvalue weighted by atomic mass is 16.2. The van der Waals surface area contributed by atoms with E-state index < -0.39 is 0 Å². The van der Waals surface area contributed by atoms with E-state index in [-0.39, 0.29) is 5.91 Å². The van der Waals surface area contributed by atoms with E-state index in [0.29, 0.717) is 18.2 Å². The molecule has 0 radical (unpaired) electrons. The largest absolute Gasteiger partial charge is 0.332 e. The molecule has 1 N–H and O–H groups in total. The number of anilines is 1. The third-order valence-corrected chi connectivity index (χ3v) is 5.39. The van der Waals surface area contributed by atoms with Gasteiger partial charge in [0.1, 0.15) is 5.69 Å². The standard InChI is InChI=1S/C24H28N2O/c1-7-13-26-22-12-11-19(15(2)3)14-20(22)18(6)23(26)24(27)25-21-10-8-9-16(4)17(21)5/h7-12,14-15H,1,13H2,2-6H3,(H,25,27). The molecule has 3 heteroatoms. The van der Waals surface area contributed by atoms with Crippen molar-refractivity contribution in [3.8, 4) is 0 Å². The molecule has 140 valence electrons. The average Bonchev–Trinajstić information content (AvgIpc) is 2.91. The van der Waals surface area contributed by atoms with Crippen LogP contribution in [0.4, 0.5) is 5.69 Å². The average molecular weight is 361 g/mol. The third kappa shape index (κ3) is 3.42. The summed E-state index contributed by atoms with van der Waals surface area (Å²) in [6, 6.07) is 12.5. The first-order chi connectivity index (χ1) is 12.8. The maximum Gasteiger partial charge on any atom is 0.272 e. The molecule has 0 bridgehead atoms. The maximum absolute atomic E-state index is 13.2. The Kier molecular flexibility index (Phi) is 5.22. The lowest BCUT2D eigenvalue weighted by Gasteiger charge is -2.13. The molecule has 0 saturated heterocycles. The first-order valence-electron chi connectivity index (χ1n) is 9.46. The first kappa shape index (κ1) is 19.0. The van der Waals surface area contributed by atoms with Crippen LogP contribution in [0.2, 0.25) is 0 Å². The SMILES string of the molecule is C=CCn1c(C(=O)Nc2cccc(C)c2C)c(C)c2cc(C(C)C)ccc21. The van der Waals surface area contributed by atoms with E-state index in [2.05, 4.69) is 61.5 Å². The summed E-state index contributed by atoms with van der Waals surface area (Å²) in [5.74, 6) is 0.370. The van der Waals surface area contributed by atoms with Crippen LogP contribution in [0.5, 0.6) is 0 Å². The summed E-state index contributed by atoms with van der Waals surface area (Å²) in [5, 5.41) is 4.24. The number of carbonyl (C=O) groups excluding carboxylic acids is 1. The smallest absolute Gasteiger partial charge is 0.272 e. The van der Waals surface area contributed by atoms with Crippen LogP contribution in [0.25, 0.3) is 10.9 Å². The van der Waals surface area contributed by atoms with Crippen molar-refractivity contribution in [2.75, 3.05) is 5.32 Å². The van der Waals surface area contributed by atoms with Crippen molar-refractivity contribution < 1.29 is 4.79 Å². The molecule has 1 aromatic heterocycles. The number of carbonyl (C=O) groups is 1. The lowest BCUT2D eigenvalue weighted by atomic mass is 10.0. The van der Waals surface area contributed by atoms with Crippen molar-refractivity contribution in [3.05, 3.63) is 77.0 Å². The van der Waals surface area contributed by atoms with E-state index in [9.17, 15) is 4.79 Å². The molecule has 0 aliphatic carbocycles. The molecule has 0 spiro atoms. The number of allylic oxidation sites excluding steroid dienone is 1. The van der Waals surface area contributed by atoms with Gasteiger partial charge in [0, 0.05) is 23.1 Å². The Labute approximate surface area is 161 Å². The Balaban J connectivity index is 2.12. The third-order valence-electron chi connectivity index (χ3n) is 5.39. The van der Waals surface area contributed by atoms with Gasteiger partial charge in [-0.15, -0.1) is 6.58 Å². The number of hydrogen-bond acceptors (Lipinski definition) is 1. The number of nitrogens with zero attached hydrogens (tertiary/aromatic N) is 1. The van der Waals surface area contributed by atoms with E-state index in [4.69, 9.17) is 0 Å². The second-order valence-corrected chi connectivity index (χ2v) is 7.51. The highest BCUT2D eigenvalue weighted by molar-refractivity contribution is 6.08. The predicted molar refractivity (Wildman–Crippen MR) is 115 cm³/mol. The molecule has 3 aromatic rings. The monoisotopic (exact) mass is 360 g/mol. The lowest BCUT2D eigenvalue weighted by Crippen LogP contribution is -2.18. The zero-order valence-corrected chi connectivity index (χ0v) is 16.9. The van der Waals surface area contributed by atoms with Crippen molar-refractivity contribution in [3.63, 3.8) is 0 Å². The molecule has 0 fully saturated rings. The minimum Gasteiger partial charge on any atom is -0.332 e. The van der Waals surface area contributed by atoms with Crippen molar-refractivity contribution in [2.24, 2.45) is 0 Å². The minimum atomic E-state index is -0.0784. The van der Waals surface area contributed by atoms with E-state index in [1.807, 2.05) is 32.1 Å². The second-order valence-electron chi connectivity index (χ2n) is 7.51. The van der Waals surface area contributed by atoms with Gasteiger partial charge in [-0.05, 0) is 67.1 Å². The number of hydrogen-bond donors (Lipinski definition) is 1. The van der Waals surface area contributed by atoms with Crippen LogP contribution >= 0.6 is 0 Å². The predicted octanol–water partition coefficient (Wildman–Crippen LogP) is 6.13. The number of benzene rings is 2. The molecule has 2 aromatic carbocycles. The molecule has 0 saturated carbocycles. The Morgan fingerprint density at radius 3 is 2.56 bits per heavy atom. The van der Waals surface area contributed by atoms with Crippen LogP contribution in [0.3, 0.4) is 0 Å². The highest BCUT2D eigenvalue weighted by Crippen LogP contribution is 2.30. The van der Waals surface area contributed by atoms with E-state index in [0.717, 1.165) is 33.3 Å². The number of rotatable bonds is 5. The van der Waals surface area contributed by atoms with Gasteiger partial charge in [0.05, 0.1) is 0 Å². The van der Waals surface area contributed by atoms with Crippen LogP contribution in [-0.2, 0) is 6.54 Å². The molecule has 0 aliphatic rings. The van der Waals surface area contributed by atoms with Gasteiger partial charge in [-0.1, -0.05) is 38.1 Å². The summed E-state index contributed by atoms with van der Waals surface area (Å²) >= 11 is 0. The van der Waals surface area contributed by atoms with Crippen molar-refractivity contribution in [1.29, 1.82) is 0 Å². The summed E-state index contributed by atoms with van der Waals surface area (Å²) < 4.78 is 2.06. The van der Waals surface area contributed by atoms with Crippen LogP contribution in [-0.4, -0.2) is 10.5 Å². The summed E-state index contributed by atoms with van der Waals surface area (Å²) in [5.41, 5.74) is 7.18. The summed E-state index contributed by atoms with van der Waals surface area (Å²) in [6.45, 7) is 15.0. The molecule has 0 atom stereocenters. The topological polar surface area (TPSA) is 34.0 Å². The molecule has 27 heavy (non-hydrogen) atoms. The fourth-order valence-electron chi connectivity index (χ4n) is 3.58. The van der Waals surface area contributed by atoms with Gasteiger partial charge in [-0.3, -0.25) is 4.79 Å². The van der Waals surface area contributed by atoms with Crippen LogP contribution in [0.15, 0.2) is 49.1 Å². The Bertz CT molecular complexity index is 1020. The first-order valence-corrected chi connectivity index (χ1v) is 9.46. The molecule has 0 aliphatic heterocycles. The lowest BCUT2D eigenvalue weighted by molar-refractivity contribution is 0.101. The Morgan fingerprint density at radius 1 is 1.15 bits per heavy atom. The maximum atomic E-state index is 13.2. The number of aromatic nitrogens is 1. The Morgan fingerprint density at radius 2 is 1.89 bits per heavy atom. The van der Waals surface area contributed by atoms with Crippen LogP contribution in [0.1, 0.15) is 52.5 Å². The molecular weight excluding hydrogens is 332 g/mol.